The van der Waals surface area contributed by atoms with Gasteiger partial charge in [-0.25, -0.2) is 8.42 Å². The minimum absolute atomic E-state index is 0.0840. The van der Waals surface area contributed by atoms with E-state index in [0.717, 1.165) is 10.6 Å². The van der Waals surface area contributed by atoms with E-state index in [4.69, 9.17) is 4.74 Å². The first-order chi connectivity index (χ1) is 12.6. The van der Waals surface area contributed by atoms with E-state index >= 15 is 0 Å². The smallest absolute Gasteiger partial charge is 0.274 e. The second-order valence-corrected chi connectivity index (χ2v) is 7.78. The summed E-state index contributed by atoms with van der Waals surface area (Å²) in [7, 11) is -1.93. The second kappa shape index (κ2) is 8.04. The lowest BCUT2D eigenvalue weighted by atomic mass is 10.1. The predicted molar refractivity (Wildman–Crippen MR) is 102 cm³/mol. The van der Waals surface area contributed by atoms with Crippen molar-refractivity contribution in [3.05, 3.63) is 58.1 Å². The highest BCUT2D eigenvalue weighted by Crippen LogP contribution is 2.25. The van der Waals surface area contributed by atoms with Gasteiger partial charge in [0.1, 0.15) is 5.75 Å². The molecule has 0 atom stereocenters. The van der Waals surface area contributed by atoms with Crippen LogP contribution < -0.4 is 14.4 Å². The summed E-state index contributed by atoms with van der Waals surface area (Å²) < 4.78 is 29.5. The van der Waals surface area contributed by atoms with Crippen LogP contribution >= 0.6 is 0 Å². The lowest BCUT2D eigenvalue weighted by Gasteiger charge is -2.16. The molecule has 27 heavy (non-hydrogen) atoms. The van der Waals surface area contributed by atoms with Crippen LogP contribution in [0, 0.1) is 17.0 Å². The molecule has 2 aromatic carbocycles. The number of nitrogens with one attached hydrogen (secondary N) is 1. The molecule has 144 valence electrons. The molecule has 2 rings (SSSR count). The monoisotopic (exact) mass is 393 g/mol. The van der Waals surface area contributed by atoms with Gasteiger partial charge in [-0.1, -0.05) is 6.07 Å². The van der Waals surface area contributed by atoms with Crippen molar-refractivity contribution in [2.75, 3.05) is 29.5 Å². The summed E-state index contributed by atoms with van der Waals surface area (Å²) in [6, 6.07) is 10.6. The number of carbonyl (C=O) groups excluding carboxylic acids is 1. The normalized spacial score (nSPS) is 10.9. The zero-order valence-electron chi connectivity index (χ0n) is 15.0. The van der Waals surface area contributed by atoms with E-state index in [1.807, 2.05) is 0 Å². The number of amides is 1. The van der Waals surface area contributed by atoms with Crippen LogP contribution in [0.5, 0.6) is 5.75 Å². The maximum Gasteiger partial charge on any atom is 0.274 e. The van der Waals surface area contributed by atoms with Crippen LogP contribution in [0.2, 0.25) is 0 Å². The van der Waals surface area contributed by atoms with Crippen molar-refractivity contribution < 1.29 is 22.9 Å². The average Bonchev–Trinajstić information content (AvgIpc) is 2.60. The van der Waals surface area contributed by atoms with Gasteiger partial charge in [-0.2, -0.15) is 0 Å². The summed E-state index contributed by atoms with van der Waals surface area (Å²) >= 11 is 0. The molecule has 0 bridgehead atoms. The van der Waals surface area contributed by atoms with Crippen molar-refractivity contribution in [3.8, 4) is 5.75 Å². The van der Waals surface area contributed by atoms with Gasteiger partial charge in [-0.05, 0) is 37.3 Å². The molecule has 0 aliphatic carbocycles. The maximum atomic E-state index is 12.0. The highest BCUT2D eigenvalue weighted by molar-refractivity contribution is 7.92. The summed E-state index contributed by atoms with van der Waals surface area (Å²) in [5, 5.41) is 13.5. The number of nitro groups is 1. The van der Waals surface area contributed by atoms with Crippen molar-refractivity contribution in [3.63, 3.8) is 0 Å². The number of anilines is 2. The Bertz CT molecular complexity index is 957. The Labute approximate surface area is 156 Å². The first-order valence-electron chi connectivity index (χ1n) is 7.80. The molecule has 0 heterocycles. The number of hydrogen-bond donors (Lipinski definition) is 1. The molecule has 0 spiro atoms. The SMILES string of the molecule is Cc1c(NC(=O)COc2ccc(N(C)S(C)(=O)=O)cc2)cccc1[N+](=O)[O-]. The van der Waals surface area contributed by atoms with Crippen LogP contribution in [0.15, 0.2) is 42.5 Å². The van der Waals surface area contributed by atoms with E-state index in [0.29, 0.717) is 22.7 Å². The molecule has 0 aliphatic rings. The Morgan fingerprint density at radius 2 is 1.85 bits per heavy atom. The summed E-state index contributed by atoms with van der Waals surface area (Å²) in [5.74, 6) is -0.0949. The zero-order valence-corrected chi connectivity index (χ0v) is 15.8. The Morgan fingerprint density at radius 1 is 1.22 bits per heavy atom. The highest BCUT2D eigenvalue weighted by Gasteiger charge is 2.15. The van der Waals surface area contributed by atoms with Gasteiger partial charge >= 0.3 is 0 Å². The molecule has 0 radical (unpaired) electrons. The number of rotatable bonds is 7. The molecule has 1 N–H and O–H groups in total. The molecule has 0 fully saturated rings. The van der Waals surface area contributed by atoms with Gasteiger partial charge in [-0.3, -0.25) is 19.2 Å². The van der Waals surface area contributed by atoms with Crippen LogP contribution in [-0.4, -0.2) is 39.2 Å². The molecule has 1 amide bonds. The third-order valence-electron chi connectivity index (χ3n) is 3.84. The molecule has 0 aromatic heterocycles. The molecule has 2 aromatic rings. The topological polar surface area (TPSA) is 119 Å². The van der Waals surface area contributed by atoms with E-state index < -0.39 is 20.9 Å². The van der Waals surface area contributed by atoms with Crippen molar-refractivity contribution >= 4 is 33.0 Å². The van der Waals surface area contributed by atoms with Gasteiger partial charge in [-0.15, -0.1) is 0 Å². The Kier molecular flexibility index (Phi) is 6.01. The summed E-state index contributed by atoms with van der Waals surface area (Å²) in [6.45, 7) is 1.25. The zero-order chi connectivity index (χ0) is 20.2. The van der Waals surface area contributed by atoms with Crippen molar-refractivity contribution in [1.82, 2.24) is 0 Å². The summed E-state index contributed by atoms with van der Waals surface area (Å²) in [6.07, 6.45) is 1.09. The Hall–Kier alpha value is -3.14. The van der Waals surface area contributed by atoms with E-state index in [1.54, 1.807) is 37.3 Å². The number of ether oxygens (including phenoxy) is 1. The van der Waals surface area contributed by atoms with Crippen molar-refractivity contribution in [2.45, 2.75) is 6.92 Å². The van der Waals surface area contributed by atoms with Crippen molar-refractivity contribution in [1.29, 1.82) is 0 Å². The van der Waals surface area contributed by atoms with E-state index in [2.05, 4.69) is 5.32 Å². The van der Waals surface area contributed by atoms with Crippen LogP contribution in [0.4, 0.5) is 17.1 Å². The van der Waals surface area contributed by atoms with Crippen LogP contribution in [0.25, 0.3) is 0 Å². The second-order valence-electron chi connectivity index (χ2n) is 5.77. The Balaban J connectivity index is 1.98. The first-order valence-corrected chi connectivity index (χ1v) is 9.65. The van der Waals surface area contributed by atoms with E-state index in [-0.39, 0.29) is 12.3 Å². The largest absolute Gasteiger partial charge is 0.484 e. The van der Waals surface area contributed by atoms with Gasteiger partial charge in [0.15, 0.2) is 6.61 Å². The molecular formula is C17H19N3O6S. The quantitative estimate of drug-likeness (QED) is 0.569. The average molecular weight is 393 g/mol. The fourth-order valence-electron chi connectivity index (χ4n) is 2.24. The lowest BCUT2D eigenvalue weighted by Crippen LogP contribution is -2.24. The van der Waals surface area contributed by atoms with Crippen LogP contribution in [0.3, 0.4) is 0 Å². The minimum Gasteiger partial charge on any atom is -0.484 e. The number of nitro benzene ring substituents is 1. The molecule has 0 saturated carbocycles. The molecule has 10 heteroatoms. The van der Waals surface area contributed by atoms with Gasteiger partial charge in [0.05, 0.1) is 28.1 Å². The molecular weight excluding hydrogens is 374 g/mol. The van der Waals surface area contributed by atoms with Gasteiger partial charge in [0.25, 0.3) is 11.6 Å². The summed E-state index contributed by atoms with van der Waals surface area (Å²) in [4.78, 5) is 22.4. The number of hydrogen-bond acceptors (Lipinski definition) is 6. The van der Waals surface area contributed by atoms with E-state index in [1.165, 1.54) is 19.2 Å². The van der Waals surface area contributed by atoms with Crippen LogP contribution in [0.1, 0.15) is 5.56 Å². The van der Waals surface area contributed by atoms with Gasteiger partial charge in [0, 0.05) is 13.1 Å². The number of sulfonamides is 1. The number of benzene rings is 2. The predicted octanol–water partition coefficient (Wildman–Crippen LogP) is 2.32. The van der Waals surface area contributed by atoms with Gasteiger partial charge in [0.2, 0.25) is 10.0 Å². The third-order valence-corrected chi connectivity index (χ3v) is 5.05. The van der Waals surface area contributed by atoms with Crippen molar-refractivity contribution in [2.24, 2.45) is 0 Å². The van der Waals surface area contributed by atoms with E-state index in [9.17, 15) is 23.3 Å². The molecule has 9 nitrogen and oxygen atoms in total. The highest BCUT2D eigenvalue weighted by atomic mass is 32.2. The molecule has 0 saturated heterocycles. The lowest BCUT2D eigenvalue weighted by molar-refractivity contribution is -0.385. The standard InChI is InChI=1S/C17H19N3O6S/c1-12-15(5-4-6-16(12)20(22)23)18-17(21)11-26-14-9-7-13(8-10-14)19(2)27(3,24)25/h4-10H,11H2,1-3H3,(H,18,21). The number of carbonyl (C=O) groups is 1. The van der Waals surface area contributed by atoms with Crippen LogP contribution in [-0.2, 0) is 14.8 Å². The van der Waals surface area contributed by atoms with Gasteiger partial charge < -0.3 is 10.1 Å². The minimum atomic E-state index is -3.36. The Morgan fingerprint density at radius 3 is 2.41 bits per heavy atom. The molecule has 0 unspecified atom stereocenters. The fourth-order valence-corrected chi connectivity index (χ4v) is 2.74. The third kappa shape index (κ3) is 5.17. The number of nitrogens with zero attached hydrogens (tertiary/aromatic N) is 2. The fraction of sp³-hybridized carbons (Fsp3) is 0.235. The maximum absolute atomic E-state index is 12.0. The summed E-state index contributed by atoms with van der Waals surface area (Å²) in [5.41, 5.74) is 1.06. The first kappa shape index (κ1) is 20.2. The molecule has 0 aliphatic heterocycles.